The smallest absolute Gasteiger partial charge is 0.433 e. The molecule has 26 heavy (non-hydrogen) atoms. The van der Waals surface area contributed by atoms with Gasteiger partial charge in [-0.25, -0.2) is 9.69 Å². The van der Waals surface area contributed by atoms with Crippen LogP contribution in [0.1, 0.15) is 26.2 Å². The first-order chi connectivity index (χ1) is 12.3. The van der Waals surface area contributed by atoms with Crippen molar-refractivity contribution < 1.29 is 27.5 Å². The van der Waals surface area contributed by atoms with Crippen LogP contribution in [-0.4, -0.2) is 30.3 Å². The highest BCUT2D eigenvalue weighted by atomic mass is 19.4. The second-order valence-corrected chi connectivity index (χ2v) is 6.17. The van der Waals surface area contributed by atoms with E-state index in [-0.39, 0.29) is 23.9 Å². The zero-order chi connectivity index (χ0) is 18.9. The molecule has 0 radical (unpaired) electrons. The number of ether oxygens (including phenoxy) is 1. The van der Waals surface area contributed by atoms with Crippen LogP contribution in [0.2, 0.25) is 0 Å². The summed E-state index contributed by atoms with van der Waals surface area (Å²) < 4.78 is 47.3. The molecule has 1 fully saturated rings. The topological polar surface area (TPSA) is 58.6 Å². The highest BCUT2D eigenvalue weighted by molar-refractivity contribution is 6.15. The molecule has 3 rings (SSSR count). The van der Waals surface area contributed by atoms with Crippen molar-refractivity contribution in [2.75, 3.05) is 16.8 Å². The van der Waals surface area contributed by atoms with E-state index >= 15 is 0 Å². The highest BCUT2D eigenvalue weighted by Gasteiger charge is 2.68. The van der Waals surface area contributed by atoms with Crippen LogP contribution in [0.4, 0.5) is 29.3 Å². The molecule has 1 aliphatic heterocycles. The number of fused-ring (bicyclic) bond motifs is 1. The molecule has 2 amide bonds. The summed E-state index contributed by atoms with van der Waals surface area (Å²) in [6, 6.07) is 5.76. The number of rotatable bonds is 2. The standard InChI is InChI=1S/C18H17F3N2O3/c1-2-11-26-16(25)23-14-6-4-3-5-13(14)22-15(24)17(23,18(19,20)21)10-9-12-7-8-12/h3-6,12H,2,7-8,11H2,1H3,(H,22,24). The maximum atomic E-state index is 14.1. The zero-order valence-corrected chi connectivity index (χ0v) is 14.0. The van der Waals surface area contributed by atoms with Crippen molar-refractivity contribution in [2.45, 2.75) is 37.9 Å². The summed E-state index contributed by atoms with van der Waals surface area (Å²) in [6.07, 6.45) is -4.58. The van der Waals surface area contributed by atoms with Crippen molar-refractivity contribution in [3.05, 3.63) is 24.3 Å². The predicted molar refractivity (Wildman–Crippen MR) is 88.5 cm³/mol. The number of hydrogen-bond acceptors (Lipinski definition) is 3. The van der Waals surface area contributed by atoms with E-state index in [1.165, 1.54) is 18.2 Å². The van der Waals surface area contributed by atoms with E-state index < -0.39 is 23.7 Å². The Morgan fingerprint density at radius 2 is 2.08 bits per heavy atom. The first-order valence-electron chi connectivity index (χ1n) is 8.28. The molecule has 1 heterocycles. The summed E-state index contributed by atoms with van der Waals surface area (Å²) in [4.78, 5) is 25.4. The molecule has 0 saturated heterocycles. The maximum absolute atomic E-state index is 14.1. The molecule has 5 nitrogen and oxygen atoms in total. The largest absolute Gasteiger partial charge is 0.449 e. The molecule has 0 bridgehead atoms. The Hall–Kier alpha value is -2.69. The number of hydrogen-bond donors (Lipinski definition) is 1. The molecule has 1 aromatic rings. The van der Waals surface area contributed by atoms with Gasteiger partial charge in [-0.05, 0) is 31.4 Å². The van der Waals surface area contributed by atoms with Gasteiger partial charge in [0, 0.05) is 5.92 Å². The third kappa shape index (κ3) is 2.98. The number of amides is 2. The summed E-state index contributed by atoms with van der Waals surface area (Å²) in [6.45, 7) is 1.65. The van der Waals surface area contributed by atoms with Crippen molar-refractivity contribution in [3.8, 4) is 11.8 Å². The maximum Gasteiger partial charge on any atom is 0.433 e. The molecule has 138 valence electrons. The second kappa shape index (κ2) is 6.56. The fourth-order valence-corrected chi connectivity index (χ4v) is 2.63. The number of carbonyl (C=O) groups is 2. The zero-order valence-electron chi connectivity index (χ0n) is 14.0. The molecule has 1 aromatic carbocycles. The minimum Gasteiger partial charge on any atom is -0.449 e. The van der Waals surface area contributed by atoms with Gasteiger partial charge in [-0.1, -0.05) is 30.9 Å². The Kier molecular flexibility index (Phi) is 4.57. The molecule has 1 saturated carbocycles. The highest BCUT2D eigenvalue weighted by Crippen LogP contribution is 2.45. The van der Waals surface area contributed by atoms with E-state index in [0.717, 1.165) is 0 Å². The van der Waals surface area contributed by atoms with Crippen LogP contribution < -0.4 is 10.2 Å². The lowest BCUT2D eigenvalue weighted by Gasteiger charge is -2.42. The monoisotopic (exact) mass is 366 g/mol. The summed E-state index contributed by atoms with van der Waals surface area (Å²) in [7, 11) is 0. The van der Waals surface area contributed by atoms with Crippen molar-refractivity contribution in [1.29, 1.82) is 0 Å². The molecule has 0 spiro atoms. The van der Waals surface area contributed by atoms with Gasteiger partial charge in [0.05, 0.1) is 18.0 Å². The minimum absolute atomic E-state index is 0.0664. The number of halogens is 3. The normalized spacial score (nSPS) is 22.0. The molecule has 1 atom stereocenters. The summed E-state index contributed by atoms with van der Waals surface area (Å²) in [5.74, 6) is 2.97. The van der Waals surface area contributed by atoms with Gasteiger partial charge in [-0.2, -0.15) is 13.2 Å². The van der Waals surface area contributed by atoms with Crippen LogP contribution in [0.15, 0.2) is 24.3 Å². The number of para-hydroxylation sites is 2. The quantitative estimate of drug-likeness (QED) is 0.812. The number of nitrogens with one attached hydrogen (secondary N) is 1. The van der Waals surface area contributed by atoms with E-state index in [2.05, 4.69) is 17.2 Å². The lowest BCUT2D eigenvalue weighted by Crippen LogP contribution is -2.69. The van der Waals surface area contributed by atoms with E-state index in [0.29, 0.717) is 24.2 Å². The van der Waals surface area contributed by atoms with Crippen LogP contribution in [-0.2, 0) is 9.53 Å². The van der Waals surface area contributed by atoms with Gasteiger partial charge >= 0.3 is 12.3 Å². The molecule has 0 aromatic heterocycles. The van der Waals surface area contributed by atoms with Crippen LogP contribution in [0.25, 0.3) is 0 Å². The third-order valence-corrected chi connectivity index (χ3v) is 4.11. The number of carbonyl (C=O) groups excluding carboxylic acids is 2. The van der Waals surface area contributed by atoms with Crippen molar-refractivity contribution in [2.24, 2.45) is 5.92 Å². The SMILES string of the molecule is CCCOC(=O)N1c2ccccc2NC(=O)C1(C#CC1CC1)C(F)(F)F. The number of nitrogens with zero attached hydrogens (tertiary/aromatic N) is 1. The van der Waals surface area contributed by atoms with Gasteiger partial charge in [0.25, 0.3) is 11.4 Å². The van der Waals surface area contributed by atoms with Gasteiger partial charge in [0.2, 0.25) is 0 Å². The first kappa shape index (κ1) is 18.1. The van der Waals surface area contributed by atoms with E-state index in [4.69, 9.17) is 4.74 Å². The van der Waals surface area contributed by atoms with Crippen LogP contribution in [0.3, 0.4) is 0 Å². The molecule has 1 aliphatic carbocycles. The first-order valence-corrected chi connectivity index (χ1v) is 8.28. The van der Waals surface area contributed by atoms with Crippen molar-refractivity contribution in [3.63, 3.8) is 0 Å². The number of benzene rings is 1. The molecule has 2 aliphatic rings. The van der Waals surface area contributed by atoms with Crippen LogP contribution in [0, 0.1) is 17.8 Å². The molecule has 1 N–H and O–H groups in total. The molecular weight excluding hydrogens is 349 g/mol. The lowest BCUT2D eigenvalue weighted by atomic mass is 9.91. The average molecular weight is 366 g/mol. The fraction of sp³-hybridized carbons (Fsp3) is 0.444. The number of anilines is 2. The fourth-order valence-electron chi connectivity index (χ4n) is 2.63. The number of alkyl halides is 3. The Bertz CT molecular complexity index is 793. The summed E-state index contributed by atoms with van der Waals surface area (Å²) >= 11 is 0. The third-order valence-electron chi connectivity index (χ3n) is 4.11. The molecular formula is C18H17F3N2O3. The van der Waals surface area contributed by atoms with E-state index in [1.54, 1.807) is 13.0 Å². The van der Waals surface area contributed by atoms with Crippen molar-refractivity contribution >= 4 is 23.4 Å². The summed E-state index contributed by atoms with van der Waals surface area (Å²) in [5.41, 5.74) is -3.33. The van der Waals surface area contributed by atoms with Gasteiger partial charge in [0.15, 0.2) is 0 Å². The summed E-state index contributed by atoms with van der Waals surface area (Å²) in [5, 5.41) is 2.23. The van der Waals surface area contributed by atoms with E-state index in [9.17, 15) is 22.8 Å². The van der Waals surface area contributed by atoms with Crippen molar-refractivity contribution in [1.82, 2.24) is 0 Å². The van der Waals surface area contributed by atoms with E-state index in [1.807, 2.05) is 0 Å². The van der Waals surface area contributed by atoms with Crippen LogP contribution in [0.5, 0.6) is 0 Å². The molecule has 1 unspecified atom stereocenters. The average Bonchev–Trinajstić information content (AvgIpc) is 3.40. The Morgan fingerprint density at radius 3 is 2.69 bits per heavy atom. The minimum atomic E-state index is -5.11. The second-order valence-electron chi connectivity index (χ2n) is 6.17. The Labute approximate surface area is 148 Å². The predicted octanol–water partition coefficient (Wildman–Crippen LogP) is 3.71. The molecule has 8 heteroatoms. The van der Waals surface area contributed by atoms with Gasteiger partial charge < -0.3 is 10.1 Å². The Morgan fingerprint density at radius 1 is 1.38 bits per heavy atom. The Balaban J connectivity index is 2.19. The van der Waals surface area contributed by atoms with Gasteiger partial charge in [-0.15, -0.1) is 0 Å². The van der Waals surface area contributed by atoms with Crippen LogP contribution >= 0.6 is 0 Å². The van der Waals surface area contributed by atoms with Gasteiger partial charge in [-0.3, -0.25) is 4.79 Å². The van der Waals surface area contributed by atoms with Gasteiger partial charge in [0.1, 0.15) is 0 Å². The lowest BCUT2D eigenvalue weighted by molar-refractivity contribution is -0.175.